The summed E-state index contributed by atoms with van der Waals surface area (Å²) in [6.07, 6.45) is 0.0576. The Hall–Kier alpha value is -0.540. The number of nitrogens with zero attached hydrogens (tertiary/aromatic N) is 3. The van der Waals surface area contributed by atoms with Gasteiger partial charge in [-0.1, -0.05) is 24.6 Å². The molecule has 12 heteroatoms. The monoisotopic (exact) mass is 655 g/mol. The van der Waals surface area contributed by atoms with Gasteiger partial charge in [-0.2, -0.15) is 4.72 Å². The van der Waals surface area contributed by atoms with Crippen molar-refractivity contribution < 1.29 is 18.3 Å². The second-order valence-corrected chi connectivity index (χ2v) is 10.9. The van der Waals surface area contributed by atoms with Gasteiger partial charge in [0.25, 0.3) is 0 Å². The van der Waals surface area contributed by atoms with E-state index in [2.05, 4.69) is 4.72 Å². The van der Waals surface area contributed by atoms with Gasteiger partial charge in [0.2, 0.25) is 10.0 Å². The van der Waals surface area contributed by atoms with Gasteiger partial charge in [-0.3, -0.25) is 4.79 Å². The maximum Gasteiger partial charge on any atom is 0.326 e. The number of nitrogens with one attached hydrogen (secondary N) is 1. The molecule has 0 aliphatic carbocycles. The molecule has 212 valence electrons. The molecule has 35 heavy (non-hydrogen) atoms. The summed E-state index contributed by atoms with van der Waals surface area (Å²) in [6, 6.07) is 3.50. The van der Waals surface area contributed by atoms with Crippen LogP contribution < -0.4 is 10.5 Å². The summed E-state index contributed by atoms with van der Waals surface area (Å²) < 4.78 is 27.5. The fourth-order valence-electron chi connectivity index (χ4n) is 2.44. The topological polar surface area (TPSA) is 119 Å². The zero-order chi connectivity index (χ0) is 27.2. The summed E-state index contributed by atoms with van der Waals surface area (Å²) in [6.45, 7) is 6.51. The van der Waals surface area contributed by atoms with Crippen LogP contribution in [0, 0.1) is 20.8 Å². The van der Waals surface area contributed by atoms with Crippen molar-refractivity contribution in [2.24, 2.45) is 5.73 Å². The van der Waals surface area contributed by atoms with Crippen LogP contribution in [-0.4, -0.2) is 110 Å². The summed E-state index contributed by atoms with van der Waals surface area (Å²) in [5.41, 5.74) is 5.90. The summed E-state index contributed by atoms with van der Waals surface area (Å²) in [5, 5.41) is 9.31. The van der Waals surface area contributed by atoms with E-state index in [0.717, 1.165) is 5.56 Å². The third-order valence-electron chi connectivity index (χ3n) is 3.56. The first-order valence-electron chi connectivity index (χ1n) is 10.7. The summed E-state index contributed by atoms with van der Waals surface area (Å²) in [4.78, 5) is 17.5. The zero-order valence-electron chi connectivity index (χ0n) is 23.9. The molecular weight excluding hydrogens is 605 g/mol. The average Bonchev–Trinajstić information content (AvgIpc) is 2.56. The molecule has 0 heterocycles. The number of benzene rings is 1. The number of aryl methyl sites for hydroxylation is 3. The molecule has 0 saturated heterocycles. The number of carboxylic acids is 1. The molecule has 0 unspecified atom stereocenters. The van der Waals surface area contributed by atoms with Crippen LogP contribution >= 0.6 is 36.4 Å². The highest BCUT2D eigenvalue weighted by molar-refractivity contribution is 14.0. The molecule has 1 rings (SSSR count). The molecule has 0 fully saturated rings. The Morgan fingerprint density at radius 2 is 1.20 bits per heavy atom. The SMILES string of the molecule is CC[C@@](CN)(NS(=O)(=O)c1c(C)cc(C)cc1C)C(=O)O.CN(C)C.CN(C)C.CN(C)C.Cl.I. The number of rotatable bonds is 6. The number of nitrogens with two attached hydrogens (primary N) is 1. The first-order chi connectivity index (χ1) is 14.8. The molecule has 0 amide bonds. The van der Waals surface area contributed by atoms with E-state index in [1.807, 2.05) is 85.1 Å². The van der Waals surface area contributed by atoms with Gasteiger partial charge in [0.1, 0.15) is 5.54 Å². The number of hydrogen-bond acceptors (Lipinski definition) is 7. The van der Waals surface area contributed by atoms with E-state index < -0.39 is 21.5 Å². The zero-order valence-corrected chi connectivity index (χ0v) is 27.8. The van der Waals surface area contributed by atoms with Gasteiger partial charge >= 0.3 is 5.97 Å². The number of halogens is 2. The maximum absolute atomic E-state index is 12.6. The molecule has 0 aromatic heterocycles. The highest BCUT2D eigenvalue weighted by atomic mass is 127. The lowest BCUT2D eigenvalue weighted by Gasteiger charge is -2.28. The lowest BCUT2D eigenvalue weighted by molar-refractivity contribution is -0.143. The number of hydrogen-bond donors (Lipinski definition) is 3. The third kappa shape index (κ3) is 21.3. The lowest BCUT2D eigenvalue weighted by Crippen LogP contribution is -2.58. The van der Waals surface area contributed by atoms with Crippen molar-refractivity contribution in [2.75, 3.05) is 70.0 Å². The van der Waals surface area contributed by atoms with Crippen LogP contribution in [0.25, 0.3) is 0 Å². The van der Waals surface area contributed by atoms with Gasteiger partial charge in [-0.05, 0) is 102 Å². The molecule has 0 bridgehead atoms. The first kappa shape index (κ1) is 44.5. The number of sulfonamides is 1. The van der Waals surface area contributed by atoms with Crippen molar-refractivity contribution in [1.82, 2.24) is 19.4 Å². The van der Waals surface area contributed by atoms with E-state index in [1.54, 1.807) is 32.9 Å². The van der Waals surface area contributed by atoms with Gasteiger partial charge in [0.05, 0.1) is 4.90 Å². The Bertz CT molecular complexity index is 758. The minimum Gasteiger partial charge on any atom is -0.480 e. The van der Waals surface area contributed by atoms with Gasteiger partial charge in [0, 0.05) is 6.54 Å². The smallest absolute Gasteiger partial charge is 0.326 e. The summed E-state index contributed by atoms with van der Waals surface area (Å²) in [7, 11) is 14.0. The second-order valence-electron chi connectivity index (χ2n) is 9.30. The molecule has 0 spiro atoms. The molecule has 9 nitrogen and oxygen atoms in total. The minimum absolute atomic E-state index is 0. The van der Waals surface area contributed by atoms with Gasteiger partial charge < -0.3 is 25.5 Å². The summed E-state index contributed by atoms with van der Waals surface area (Å²) >= 11 is 0. The number of carboxylic acid groups (broad SMARTS) is 1. The molecule has 1 aromatic carbocycles. The van der Waals surface area contributed by atoms with Crippen LogP contribution in [0.5, 0.6) is 0 Å². The predicted octanol–water partition coefficient (Wildman–Crippen LogP) is 2.66. The van der Waals surface area contributed by atoms with Crippen LogP contribution in [0.1, 0.15) is 30.0 Å². The van der Waals surface area contributed by atoms with Crippen LogP contribution in [0.2, 0.25) is 0 Å². The molecule has 0 aliphatic rings. The molecule has 0 saturated carbocycles. The van der Waals surface area contributed by atoms with Crippen LogP contribution in [0.3, 0.4) is 0 Å². The van der Waals surface area contributed by atoms with E-state index >= 15 is 0 Å². The van der Waals surface area contributed by atoms with Crippen LogP contribution in [-0.2, 0) is 14.8 Å². The second kappa shape index (κ2) is 21.5. The fourth-order valence-corrected chi connectivity index (χ4v) is 4.34. The van der Waals surface area contributed by atoms with Crippen molar-refractivity contribution in [2.45, 2.75) is 44.6 Å². The lowest BCUT2D eigenvalue weighted by atomic mass is 9.98. The van der Waals surface area contributed by atoms with Gasteiger partial charge in [-0.15, -0.1) is 36.4 Å². The number of carbonyl (C=O) groups is 1. The quantitative estimate of drug-likeness (QED) is 0.401. The Labute approximate surface area is 238 Å². The highest BCUT2D eigenvalue weighted by Crippen LogP contribution is 2.24. The van der Waals surface area contributed by atoms with Crippen molar-refractivity contribution in [1.29, 1.82) is 0 Å². The van der Waals surface area contributed by atoms with Crippen molar-refractivity contribution in [3.8, 4) is 0 Å². The minimum atomic E-state index is -3.98. The van der Waals surface area contributed by atoms with E-state index in [9.17, 15) is 18.3 Å². The molecule has 4 N–H and O–H groups in total. The van der Waals surface area contributed by atoms with E-state index in [-0.39, 0.29) is 54.2 Å². The summed E-state index contributed by atoms with van der Waals surface area (Å²) in [5.74, 6) is -1.28. The molecule has 0 aliphatic heterocycles. The van der Waals surface area contributed by atoms with E-state index in [4.69, 9.17) is 5.73 Å². The average molecular weight is 656 g/mol. The highest BCUT2D eigenvalue weighted by Gasteiger charge is 2.40. The van der Waals surface area contributed by atoms with Crippen molar-refractivity contribution >= 4 is 52.4 Å². The standard InChI is InChI=1S/C14H22N2O4S.3C3H9N.ClH.HI/c1-5-14(8-15,13(17)18)16-21(19,20)12-10(3)6-9(2)7-11(12)4;3*1-4(2)3;;/h6-7,16H,5,8,15H2,1-4H3,(H,17,18);3*1-3H3;2*1H/t14-;;;;;/m0...../s1. The Kier molecular flexibility index (Phi) is 27.4. The molecule has 1 aromatic rings. The van der Waals surface area contributed by atoms with Crippen LogP contribution in [0.4, 0.5) is 0 Å². The van der Waals surface area contributed by atoms with E-state index in [1.165, 1.54) is 0 Å². The fraction of sp³-hybridized carbons (Fsp3) is 0.696. The Morgan fingerprint density at radius 1 is 0.914 bits per heavy atom. The van der Waals surface area contributed by atoms with Crippen molar-refractivity contribution in [3.63, 3.8) is 0 Å². The predicted molar refractivity (Wildman–Crippen MR) is 162 cm³/mol. The van der Waals surface area contributed by atoms with Crippen LogP contribution in [0.15, 0.2) is 17.0 Å². The first-order valence-corrected chi connectivity index (χ1v) is 12.2. The largest absolute Gasteiger partial charge is 0.480 e. The normalized spacial score (nSPS) is 11.9. The Balaban J connectivity index is -0.000000179. The molecule has 0 radical (unpaired) electrons. The van der Waals surface area contributed by atoms with Gasteiger partial charge in [0.15, 0.2) is 0 Å². The molecule has 1 atom stereocenters. The maximum atomic E-state index is 12.6. The third-order valence-corrected chi connectivity index (χ3v) is 5.41. The van der Waals surface area contributed by atoms with E-state index in [0.29, 0.717) is 11.1 Å². The Morgan fingerprint density at radius 3 is 1.40 bits per heavy atom. The molecular formula is C23H51ClIN5O4S. The van der Waals surface area contributed by atoms with Gasteiger partial charge in [-0.25, -0.2) is 8.42 Å². The number of aliphatic carboxylic acids is 1. The van der Waals surface area contributed by atoms with Crippen molar-refractivity contribution in [3.05, 3.63) is 28.8 Å².